The second-order valence-corrected chi connectivity index (χ2v) is 20.4. The molecule has 0 spiro atoms. The molecule has 0 bridgehead atoms. The van der Waals surface area contributed by atoms with Gasteiger partial charge in [-0.15, -0.1) is 11.3 Å². The third-order valence-electron chi connectivity index (χ3n) is 12.4. The molecule has 1 aromatic heterocycles. The van der Waals surface area contributed by atoms with Crippen molar-refractivity contribution in [2.45, 2.75) is 104 Å². The van der Waals surface area contributed by atoms with Crippen molar-refractivity contribution in [3.8, 4) is 16.5 Å². The highest BCUT2D eigenvalue weighted by Gasteiger charge is 2.51. The van der Waals surface area contributed by atoms with E-state index in [0.29, 0.717) is 18.8 Å². The van der Waals surface area contributed by atoms with E-state index in [2.05, 4.69) is 20.9 Å². The standard InChI is InChI=1S/C51H61F3N8O7S2/c1-32-43(71-31-58-32)35-14-10-34(11-15-35)28-57-45(65)41-26-39(63)29-60(41)46(66)44(49(2,3)4)59-42(64)30-69-24-23-68-22-21-56-20-8-7-9-33-12-17-37(18-13-33)62-48(70)61(47(67)50(62,5)6)38-19-16-36(27-55)40(25-38)51(52,53)54/h10-19,25,31,39,41,44,56,63H,7-9,20-24,26,28-30H2,1-6H3,(H,57,65)(H,59,64)/t39-,41+,44-/m1/s1. The number of aliphatic hydroxyl groups excluding tert-OH is 1. The van der Waals surface area contributed by atoms with E-state index in [0.717, 1.165) is 70.1 Å². The van der Waals surface area contributed by atoms with Crippen LogP contribution < -0.4 is 25.8 Å². The van der Waals surface area contributed by atoms with Gasteiger partial charge in [0.05, 0.1) is 64.9 Å². The Bertz CT molecular complexity index is 2580. The Kier molecular flexibility index (Phi) is 18.1. The van der Waals surface area contributed by atoms with Gasteiger partial charge in [-0.05, 0) is 111 Å². The minimum absolute atomic E-state index is 0.0317. The maximum absolute atomic E-state index is 13.9. The first-order chi connectivity index (χ1) is 33.6. The number of nitriles is 1. The van der Waals surface area contributed by atoms with Crippen molar-refractivity contribution in [1.82, 2.24) is 25.8 Å². The Morgan fingerprint density at radius 2 is 1.65 bits per heavy atom. The number of β-amino-alcohol motifs (C(OH)–C–C–N with tert-alkyl or cyclic N) is 1. The number of ether oxygens (including phenoxy) is 2. The van der Waals surface area contributed by atoms with Crippen LogP contribution in [0.5, 0.6) is 0 Å². The van der Waals surface area contributed by atoms with Crippen LogP contribution in [0, 0.1) is 23.7 Å². The summed E-state index contributed by atoms with van der Waals surface area (Å²) >= 11 is 7.21. The molecule has 15 nitrogen and oxygen atoms in total. The van der Waals surface area contributed by atoms with Crippen LogP contribution in [0.25, 0.3) is 10.4 Å². The number of hydrogen-bond donors (Lipinski definition) is 4. The number of aliphatic hydroxyl groups is 1. The first kappa shape index (κ1) is 54.5. The number of hydrogen-bond acceptors (Lipinski definition) is 12. The lowest BCUT2D eigenvalue weighted by molar-refractivity contribution is -0.144. The number of aromatic nitrogens is 1. The molecule has 0 unspecified atom stereocenters. The summed E-state index contributed by atoms with van der Waals surface area (Å²) in [6.45, 7) is 12.8. The molecule has 20 heteroatoms. The topological polar surface area (TPSA) is 189 Å². The van der Waals surface area contributed by atoms with E-state index in [1.807, 2.05) is 76.2 Å². The summed E-state index contributed by atoms with van der Waals surface area (Å²) in [6, 6.07) is 18.2. The van der Waals surface area contributed by atoms with Gasteiger partial charge in [-0.1, -0.05) is 57.2 Å². The number of carbonyl (C=O) groups excluding carboxylic acids is 4. The van der Waals surface area contributed by atoms with E-state index < -0.39 is 64.2 Å². The maximum atomic E-state index is 13.9. The van der Waals surface area contributed by atoms with Gasteiger partial charge in [0.15, 0.2) is 5.11 Å². The molecule has 4 aromatic rings. The number of thiocarbonyl (C=S) groups is 1. The van der Waals surface area contributed by atoms with Gasteiger partial charge in [0.1, 0.15) is 24.2 Å². The van der Waals surface area contributed by atoms with Gasteiger partial charge in [0.2, 0.25) is 17.7 Å². The summed E-state index contributed by atoms with van der Waals surface area (Å²) in [5.74, 6) is -1.83. The van der Waals surface area contributed by atoms with Crippen LogP contribution in [0.3, 0.4) is 0 Å². The molecule has 71 heavy (non-hydrogen) atoms. The lowest BCUT2D eigenvalue weighted by atomic mass is 9.85. The molecule has 2 fully saturated rings. The van der Waals surface area contributed by atoms with Gasteiger partial charge in [-0.25, -0.2) is 4.98 Å². The van der Waals surface area contributed by atoms with Crippen molar-refractivity contribution >= 4 is 63.7 Å². The van der Waals surface area contributed by atoms with E-state index >= 15 is 0 Å². The van der Waals surface area contributed by atoms with Crippen LogP contribution in [0.2, 0.25) is 0 Å². The molecule has 0 saturated carbocycles. The average molecular weight is 1020 g/mol. The highest BCUT2D eigenvalue weighted by molar-refractivity contribution is 7.81. The van der Waals surface area contributed by atoms with Gasteiger partial charge in [0.25, 0.3) is 5.91 Å². The van der Waals surface area contributed by atoms with Gasteiger partial charge < -0.3 is 40.3 Å². The molecule has 3 aromatic carbocycles. The zero-order valence-electron chi connectivity index (χ0n) is 40.7. The molecule has 0 radical (unpaired) electrons. The molecular weight excluding hydrogens is 958 g/mol. The van der Waals surface area contributed by atoms with Crippen LogP contribution in [-0.4, -0.2) is 114 Å². The number of nitrogens with zero attached hydrogens (tertiary/aromatic N) is 5. The van der Waals surface area contributed by atoms with E-state index in [-0.39, 0.29) is 56.0 Å². The molecular formula is C51H61F3N8O7S2. The molecule has 2 saturated heterocycles. The van der Waals surface area contributed by atoms with Crippen molar-refractivity contribution in [2.24, 2.45) is 5.41 Å². The van der Waals surface area contributed by atoms with Gasteiger partial charge >= 0.3 is 6.18 Å². The molecule has 3 heterocycles. The fourth-order valence-corrected chi connectivity index (χ4v) is 9.82. The van der Waals surface area contributed by atoms with E-state index in [1.54, 1.807) is 41.7 Å². The lowest BCUT2D eigenvalue weighted by Gasteiger charge is -2.35. The van der Waals surface area contributed by atoms with Gasteiger partial charge in [-0.3, -0.25) is 24.1 Å². The number of rotatable bonds is 21. The summed E-state index contributed by atoms with van der Waals surface area (Å²) < 4.78 is 52.3. The summed E-state index contributed by atoms with van der Waals surface area (Å²) in [5, 5.41) is 28.8. The summed E-state index contributed by atoms with van der Waals surface area (Å²) in [4.78, 5) is 63.3. The number of halogens is 3. The Morgan fingerprint density at radius 3 is 2.30 bits per heavy atom. The Balaban J connectivity index is 0.851. The zero-order chi connectivity index (χ0) is 51.7. The number of thiazole rings is 1. The van der Waals surface area contributed by atoms with Crippen LogP contribution in [0.15, 0.2) is 72.2 Å². The fourth-order valence-electron chi connectivity index (χ4n) is 8.49. The van der Waals surface area contributed by atoms with Crippen molar-refractivity contribution in [1.29, 1.82) is 5.26 Å². The molecule has 380 valence electrons. The third kappa shape index (κ3) is 13.6. The molecule has 4 amide bonds. The predicted molar refractivity (Wildman–Crippen MR) is 268 cm³/mol. The number of amides is 4. The number of nitrogens with one attached hydrogen (secondary N) is 3. The van der Waals surface area contributed by atoms with Crippen LogP contribution >= 0.6 is 23.6 Å². The second-order valence-electron chi connectivity index (χ2n) is 19.1. The monoisotopic (exact) mass is 1020 g/mol. The maximum Gasteiger partial charge on any atom is 0.417 e. The number of unbranched alkanes of at least 4 members (excludes halogenated alkanes) is 1. The number of carbonyl (C=O) groups is 4. The van der Waals surface area contributed by atoms with E-state index in [4.69, 9.17) is 21.7 Å². The zero-order valence-corrected chi connectivity index (χ0v) is 42.4. The smallest absolute Gasteiger partial charge is 0.391 e. The minimum Gasteiger partial charge on any atom is -0.391 e. The third-order valence-corrected chi connectivity index (χ3v) is 13.7. The molecule has 2 aliphatic heterocycles. The number of anilines is 2. The Labute approximate surface area is 421 Å². The quantitative estimate of drug-likeness (QED) is 0.0513. The molecule has 6 rings (SSSR count). The first-order valence-electron chi connectivity index (χ1n) is 23.4. The molecule has 0 aliphatic carbocycles. The first-order valence-corrected chi connectivity index (χ1v) is 24.7. The fraction of sp³-hybridized carbons (Fsp3) is 0.471. The summed E-state index contributed by atoms with van der Waals surface area (Å²) in [5.41, 5.74) is 2.71. The van der Waals surface area contributed by atoms with Gasteiger partial charge in [-0.2, -0.15) is 18.4 Å². The van der Waals surface area contributed by atoms with Crippen LogP contribution in [0.1, 0.15) is 81.8 Å². The van der Waals surface area contributed by atoms with Crippen molar-refractivity contribution in [3.05, 3.63) is 100 Å². The van der Waals surface area contributed by atoms with Gasteiger partial charge in [0, 0.05) is 31.7 Å². The van der Waals surface area contributed by atoms with Crippen molar-refractivity contribution < 1.29 is 46.9 Å². The normalized spacial score (nSPS) is 17.4. The minimum atomic E-state index is -4.79. The van der Waals surface area contributed by atoms with Crippen LogP contribution in [-0.2, 0) is 47.8 Å². The summed E-state index contributed by atoms with van der Waals surface area (Å²) in [7, 11) is 0. The highest BCUT2D eigenvalue weighted by atomic mass is 32.1. The Morgan fingerprint density at radius 1 is 0.972 bits per heavy atom. The van der Waals surface area contributed by atoms with E-state index in [9.17, 15) is 42.7 Å². The number of aryl methyl sites for hydroxylation is 2. The Hall–Kier alpha value is -5.82. The summed E-state index contributed by atoms with van der Waals surface area (Å²) in [6.07, 6.45) is -3.01. The molecule has 4 N–H and O–H groups in total. The average Bonchev–Trinajstić information content (AvgIpc) is 3.99. The van der Waals surface area contributed by atoms with E-state index in [1.165, 1.54) is 11.0 Å². The SMILES string of the molecule is Cc1ncsc1-c1ccc(CNC(=O)[C@@H]2C[C@@H](O)CN2C(=O)[C@@H](NC(=O)COCCOCCNCCCCc2ccc(N3C(=S)N(c4ccc(C#N)c(C(F)(F)F)c4)C(=O)C3(C)C)cc2)C(C)(C)C)cc1. The van der Waals surface area contributed by atoms with Crippen molar-refractivity contribution in [2.75, 3.05) is 55.9 Å². The predicted octanol–water partition coefficient (Wildman–Crippen LogP) is 6.68. The molecule has 3 atom stereocenters. The van der Waals surface area contributed by atoms with Crippen molar-refractivity contribution in [3.63, 3.8) is 0 Å². The lowest BCUT2D eigenvalue weighted by Crippen LogP contribution is -2.58. The highest BCUT2D eigenvalue weighted by Crippen LogP contribution is 2.40. The van der Waals surface area contributed by atoms with Crippen LogP contribution in [0.4, 0.5) is 24.5 Å². The molecule has 2 aliphatic rings. The number of alkyl halides is 3. The second kappa shape index (κ2) is 23.6. The largest absolute Gasteiger partial charge is 0.417 e. The number of benzene rings is 3. The number of likely N-dealkylation sites (tertiary alicyclic amines) is 1.